The van der Waals surface area contributed by atoms with Crippen LogP contribution in [0, 0.1) is 5.82 Å². The van der Waals surface area contributed by atoms with Crippen molar-refractivity contribution in [3.8, 4) is 0 Å². The van der Waals surface area contributed by atoms with Crippen LogP contribution in [0.2, 0.25) is 0 Å². The summed E-state index contributed by atoms with van der Waals surface area (Å²) in [6, 6.07) is 5.20. The summed E-state index contributed by atoms with van der Waals surface area (Å²) < 4.78 is 19.2. The lowest BCUT2D eigenvalue weighted by molar-refractivity contribution is -0.147. The smallest absolute Gasteiger partial charge is 0.308 e. The van der Waals surface area contributed by atoms with Gasteiger partial charge in [-0.3, -0.25) is 9.69 Å². The summed E-state index contributed by atoms with van der Waals surface area (Å²) in [4.78, 5) is 14.4. The Labute approximate surface area is 126 Å². The third-order valence-electron chi connectivity index (χ3n) is 4.52. The van der Waals surface area contributed by atoms with Crippen LogP contribution in [0.5, 0.6) is 0 Å². The Hall–Kier alpha value is -1.42. The summed E-state index contributed by atoms with van der Waals surface area (Å²) in [5.74, 6) is -0.369. The molecule has 0 amide bonds. The molecule has 0 aromatic heterocycles. The van der Waals surface area contributed by atoms with Gasteiger partial charge in [0.05, 0.1) is 18.6 Å². The number of hydrogen-bond donors (Lipinski definition) is 0. The molecule has 2 rings (SSSR count). The van der Waals surface area contributed by atoms with Crippen LogP contribution in [-0.2, 0) is 21.5 Å². The molecule has 0 radical (unpaired) electrons. The molecule has 1 aliphatic carbocycles. The maximum atomic E-state index is 14.1. The van der Waals surface area contributed by atoms with Crippen LogP contribution >= 0.6 is 0 Å². The zero-order chi connectivity index (χ0) is 15.5. The van der Waals surface area contributed by atoms with Gasteiger partial charge in [-0.05, 0) is 50.0 Å². The number of ether oxygens (including phenoxy) is 1. The fourth-order valence-corrected chi connectivity index (χ4v) is 3.62. The van der Waals surface area contributed by atoms with E-state index in [0.29, 0.717) is 19.4 Å². The minimum absolute atomic E-state index is 0.162. The fourth-order valence-electron chi connectivity index (χ4n) is 3.62. The Morgan fingerprint density at radius 2 is 2.05 bits per heavy atom. The van der Waals surface area contributed by atoms with E-state index in [1.165, 1.54) is 6.07 Å². The number of hydrogen-bond acceptors (Lipinski definition) is 3. The van der Waals surface area contributed by atoms with Crippen molar-refractivity contribution in [2.75, 3.05) is 19.7 Å². The lowest BCUT2D eigenvalue weighted by Gasteiger charge is -2.40. The molecule has 0 spiro atoms. The number of rotatable bonds is 6. The number of benzene rings is 1. The Balaban J connectivity index is 2.45. The molecule has 1 aromatic carbocycles. The van der Waals surface area contributed by atoms with Gasteiger partial charge in [-0.2, -0.15) is 0 Å². The molecule has 0 saturated carbocycles. The summed E-state index contributed by atoms with van der Waals surface area (Å²) in [5.41, 5.74) is 1.29. The number of halogens is 1. The van der Waals surface area contributed by atoms with E-state index in [4.69, 9.17) is 4.74 Å². The van der Waals surface area contributed by atoms with Gasteiger partial charge in [0.2, 0.25) is 0 Å². The van der Waals surface area contributed by atoms with Gasteiger partial charge in [0.25, 0.3) is 0 Å². The average Bonchev–Trinajstić information content (AvgIpc) is 2.82. The second-order valence-electron chi connectivity index (χ2n) is 5.45. The van der Waals surface area contributed by atoms with Crippen LogP contribution in [0.1, 0.15) is 44.7 Å². The lowest BCUT2D eigenvalue weighted by Crippen LogP contribution is -2.46. The minimum Gasteiger partial charge on any atom is -0.466 e. The fraction of sp³-hybridized carbons (Fsp3) is 0.588. The van der Waals surface area contributed by atoms with Crippen LogP contribution in [0.4, 0.5) is 4.39 Å². The molecule has 0 N–H and O–H groups in total. The van der Waals surface area contributed by atoms with Gasteiger partial charge in [0, 0.05) is 0 Å². The first-order valence-electron chi connectivity index (χ1n) is 7.77. The number of carbonyl (C=O) groups excluding carboxylic acids is 1. The summed E-state index contributed by atoms with van der Waals surface area (Å²) in [6.07, 6.45) is 1.74. The largest absolute Gasteiger partial charge is 0.466 e. The highest BCUT2D eigenvalue weighted by Gasteiger charge is 2.45. The summed E-state index contributed by atoms with van der Waals surface area (Å²) >= 11 is 0. The highest BCUT2D eigenvalue weighted by Crippen LogP contribution is 2.45. The van der Waals surface area contributed by atoms with E-state index in [1.54, 1.807) is 6.07 Å². The van der Waals surface area contributed by atoms with Crippen LogP contribution in [0.25, 0.3) is 0 Å². The van der Waals surface area contributed by atoms with Gasteiger partial charge in [0.1, 0.15) is 5.82 Å². The molecule has 0 fully saturated rings. The summed E-state index contributed by atoms with van der Waals surface area (Å²) in [5, 5.41) is 0. The standard InChI is InChI=1S/C17H24FNO2/c1-4-19(5-2)17(12-16(20)21-6-3)11-10-13-14(17)8-7-9-15(13)18/h7-9H,4-6,10-12H2,1-3H3. The Morgan fingerprint density at radius 3 is 2.67 bits per heavy atom. The second-order valence-corrected chi connectivity index (χ2v) is 5.45. The molecule has 0 heterocycles. The normalized spacial score (nSPS) is 20.6. The topological polar surface area (TPSA) is 29.5 Å². The van der Waals surface area contributed by atoms with Gasteiger partial charge in [0.15, 0.2) is 0 Å². The van der Waals surface area contributed by atoms with Gasteiger partial charge >= 0.3 is 5.97 Å². The number of esters is 1. The van der Waals surface area contributed by atoms with E-state index in [2.05, 4.69) is 18.7 Å². The Kier molecular flexibility index (Phi) is 4.99. The van der Waals surface area contributed by atoms with E-state index in [9.17, 15) is 9.18 Å². The zero-order valence-corrected chi connectivity index (χ0v) is 13.1. The molecule has 3 nitrogen and oxygen atoms in total. The van der Waals surface area contributed by atoms with Crippen molar-refractivity contribution < 1.29 is 13.9 Å². The van der Waals surface area contributed by atoms with Crippen molar-refractivity contribution in [2.45, 2.75) is 45.6 Å². The van der Waals surface area contributed by atoms with Crippen molar-refractivity contribution in [3.05, 3.63) is 35.1 Å². The van der Waals surface area contributed by atoms with Crippen molar-refractivity contribution in [3.63, 3.8) is 0 Å². The highest BCUT2D eigenvalue weighted by molar-refractivity contribution is 5.72. The molecule has 116 valence electrons. The number of nitrogens with zero attached hydrogens (tertiary/aromatic N) is 1. The highest BCUT2D eigenvalue weighted by atomic mass is 19.1. The molecule has 21 heavy (non-hydrogen) atoms. The van der Waals surface area contributed by atoms with Gasteiger partial charge in [-0.1, -0.05) is 26.0 Å². The van der Waals surface area contributed by atoms with Gasteiger partial charge < -0.3 is 4.74 Å². The monoisotopic (exact) mass is 293 g/mol. The molecular weight excluding hydrogens is 269 g/mol. The molecule has 0 saturated heterocycles. The molecule has 1 aliphatic rings. The SMILES string of the molecule is CCOC(=O)CC1(N(CC)CC)CCc2c(F)cccc21. The molecular formula is C17H24FNO2. The predicted molar refractivity (Wildman–Crippen MR) is 80.6 cm³/mol. The van der Waals surface area contributed by atoms with E-state index >= 15 is 0 Å². The Morgan fingerprint density at radius 1 is 1.33 bits per heavy atom. The van der Waals surface area contributed by atoms with Crippen LogP contribution in [0.15, 0.2) is 18.2 Å². The maximum absolute atomic E-state index is 14.1. The van der Waals surface area contributed by atoms with Crippen molar-refractivity contribution >= 4 is 5.97 Å². The molecule has 1 aromatic rings. The minimum atomic E-state index is -0.423. The third kappa shape index (κ3) is 2.82. The van der Waals surface area contributed by atoms with E-state index < -0.39 is 5.54 Å². The number of carbonyl (C=O) groups is 1. The summed E-state index contributed by atoms with van der Waals surface area (Å²) in [6.45, 7) is 7.99. The third-order valence-corrected chi connectivity index (χ3v) is 4.52. The van der Waals surface area contributed by atoms with Gasteiger partial charge in [-0.25, -0.2) is 4.39 Å². The Bertz CT molecular complexity index is 514. The molecule has 0 bridgehead atoms. The maximum Gasteiger partial charge on any atom is 0.308 e. The first-order chi connectivity index (χ1) is 10.1. The van der Waals surface area contributed by atoms with E-state index in [-0.39, 0.29) is 11.8 Å². The molecule has 1 atom stereocenters. The average molecular weight is 293 g/mol. The van der Waals surface area contributed by atoms with Crippen molar-refractivity contribution in [1.82, 2.24) is 4.90 Å². The summed E-state index contributed by atoms with van der Waals surface area (Å²) in [7, 11) is 0. The zero-order valence-electron chi connectivity index (χ0n) is 13.1. The van der Waals surface area contributed by atoms with Crippen molar-refractivity contribution in [2.24, 2.45) is 0 Å². The van der Waals surface area contributed by atoms with E-state index in [1.807, 2.05) is 13.0 Å². The van der Waals surface area contributed by atoms with E-state index in [0.717, 1.165) is 30.6 Å². The quantitative estimate of drug-likeness (QED) is 0.754. The first-order valence-corrected chi connectivity index (χ1v) is 7.77. The molecule has 0 aliphatic heterocycles. The lowest BCUT2D eigenvalue weighted by atomic mass is 9.86. The van der Waals surface area contributed by atoms with Crippen LogP contribution in [0.3, 0.4) is 0 Å². The first kappa shape index (κ1) is 16.0. The predicted octanol–water partition coefficient (Wildman–Crippen LogP) is 3.26. The van der Waals surface area contributed by atoms with Crippen molar-refractivity contribution in [1.29, 1.82) is 0 Å². The van der Waals surface area contributed by atoms with Gasteiger partial charge in [-0.15, -0.1) is 0 Å². The second kappa shape index (κ2) is 6.56. The van der Waals surface area contributed by atoms with Crippen LogP contribution < -0.4 is 0 Å². The molecule has 4 heteroatoms. The van der Waals surface area contributed by atoms with Crippen LogP contribution in [-0.4, -0.2) is 30.6 Å². The number of fused-ring (bicyclic) bond motifs is 1. The molecule has 1 unspecified atom stereocenters.